The molecule has 0 aliphatic rings. The third kappa shape index (κ3) is 6.74. The first-order valence-electron chi connectivity index (χ1n) is 7.60. The Labute approximate surface area is 128 Å². The zero-order chi connectivity index (χ0) is 14.8. The highest BCUT2D eigenvalue weighted by atomic mass is 35.5. The van der Waals surface area contributed by atoms with Gasteiger partial charge in [-0.05, 0) is 42.9 Å². The van der Waals surface area contributed by atoms with Gasteiger partial charge in [-0.15, -0.1) is 0 Å². The van der Waals surface area contributed by atoms with Crippen molar-refractivity contribution in [3.63, 3.8) is 0 Å². The lowest BCUT2D eigenvalue weighted by Gasteiger charge is -2.21. The Balaban J connectivity index is 2.55. The lowest BCUT2D eigenvalue weighted by atomic mass is 9.89. The van der Waals surface area contributed by atoms with Crippen molar-refractivity contribution in [2.45, 2.75) is 33.1 Å². The molecule has 0 spiro atoms. The lowest BCUT2D eigenvalue weighted by molar-refractivity contribution is 0.196. The van der Waals surface area contributed by atoms with Crippen molar-refractivity contribution >= 4 is 11.6 Å². The summed E-state index contributed by atoms with van der Waals surface area (Å²) < 4.78 is 5.08. The second-order valence-electron chi connectivity index (χ2n) is 5.61. The minimum atomic E-state index is 0.627. The standard InChI is InChI=1S/C17H28ClNO/c1-4-14(2)11-15(13-19-9-10-20-3)12-16-7-5-6-8-17(16)18/h5-8,14-15,19H,4,9-13H2,1-3H3. The second-order valence-corrected chi connectivity index (χ2v) is 6.01. The van der Waals surface area contributed by atoms with Crippen LogP contribution in [0, 0.1) is 11.8 Å². The third-order valence-corrected chi connectivity index (χ3v) is 4.18. The van der Waals surface area contributed by atoms with Gasteiger partial charge < -0.3 is 10.1 Å². The van der Waals surface area contributed by atoms with Crippen LogP contribution in [0.4, 0.5) is 0 Å². The molecular weight excluding hydrogens is 270 g/mol. The quantitative estimate of drug-likeness (QED) is 0.654. The normalized spacial score (nSPS) is 14.2. The molecule has 0 fully saturated rings. The van der Waals surface area contributed by atoms with E-state index in [-0.39, 0.29) is 0 Å². The molecule has 0 heterocycles. The van der Waals surface area contributed by atoms with Crippen LogP contribution in [0.3, 0.4) is 0 Å². The van der Waals surface area contributed by atoms with Gasteiger partial charge in [-0.25, -0.2) is 0 Å². The number of ether oxygens (including phenoxy) is 1. The highest BCUT2D eigenvalue weighted by Crippen LogP contribution is 2.23. The average Bonchev–Trinajstić information content (AvgIpc) is 2.45. The second kappa shape index (κ2) is 10.2. The third-order valence-electron chi connectivity index (χ3n) is 3.82. The molecule has 0 amide bonds. The SMILES string of the molecule is CCC(C)CC(CNCCOC)Cc1ccccc1Cl. The molecule has 1 aromatic carbocycles. The molecule has 0 bridgehead atoms. The van der Waals surface area contributed by atoms with Gasteiger partial charge in [0, 0.05) is 18.7 Å². The van der Waals surface area contributed by atoms with E-state index in [4.69, 9.17) is 16.3 Å². The summed E-state index contributed by atoms with van der Waals surface area (Å²) in [4.78, 5) is 0. The Morgan fingerprint density at radius 2 is 2.05 bits per heavy atom. The van der Waals surface area contributed by atoms with Crippen LogP contribution in [0.15, 0.2) is 24.3 Å². The number of methoxy groups -OCH3 is 1. The van der Waals surface area contributed by atoms with Gasteiger partial charge in [-0.3, -0.25) is 0 Å². The Kier molecular flexibility index (Phi) is 8.92. The number of benzene rings is 1. The van der Waals surface area contributed by atoms with Crippen molar-refractivity contribution in [2.24, 2.45) is 11.8 Å². The van der Waals surface area contributed by atoms with Crippen molar-refractivity contribution in [1.29, 1.82) is 0 Å². The highest BCUT2D eigenvalue weighted by molar-refractivity contribution is 6.31. The van der Waals surface area contributed by atoms with Crippen LogP contribution in [0.5, 0.6) is 0 Å². The molecule has 2 nitrogen and oxygen atoms in total. The van der Waals surface area contributed by atoms with E-state index in [1.807, 2.05) is 12.1 Å². The summed E-state index contributed by atoms with van der Waals surface area (Å²) in [7, 11) is 1.74. The summed E-state index contributed by atoms with van der Waals surface area (Å²) in [6, 6.07) is 8.18. The molecule has 2 atom stereocenters. The minimum Gasteiger partial charge on any atom is -0.383 e. The van der Waals surface area contributed by atoms with E-state index in [1.165, 1.54) is 18.4 Å². The number of halogens is 1. The maximum absolute atomic E-state index is 6.28. The molecule has 114 valence electrons. The molecule has 1 rings (SSSR count). The molecule has 0 saturated carbocycles. The maximum atomic E-state index is 6.28. The van der Waals surface area contributed by atoms with E-state index < -0.39 is 0 Å². The Bertz CT molecular complexity index is 370. The first-order chi connectivity index (χ1) is 9.67. The van der Waals surface area contributed by atoms with E-state index in [0.29, 0.717) is 5.92 Å². The minimum absolute atomic E-state index is 0.627. The Hall–Kier alpha value is -0.570. The van der Waals surface area contributed by atoms with Crippen LogP contribution in [0.1, 0.15) is 32.3 Å². The van der Waals surface area contributed by atoms with E-state index in [0.717, 1.165) is 37.1 Å². The zero-order valence-corrected chi connectivity index (χ0v) is 13.7. The van der Waals surface area contributed by atoms with Crippen molar-refractivity contribution < 1.29 is 4.74 Å². The van der Waals surface area contributed by atoms with Crippen molar-refractivity contribution in [3.8, 4) is 0 Å². The molecule has 0 aliphatic carbocycles. The molecule has 3 heteroatoms. The average molecular weight is 298 g/mol. The van der Waals surface area contributed by atoms with Crippen LogP contribution in [-0.2, 0) is 11.2 Å². The fourth-order valence-corrected chi connectivity index (χ4v) is 2.64. The summed E-state index contributed by atoms with van der Waals surface area (Å²) in [5, 5.41) is 4.38. The predicted octanol–water partition coefficient (Wildman–Crippen LogP) is 4.17. The fourth-order valence-electron chi connectivity index (χ4n) is 2.43. The van der Waals surface area contributed by atoms with Gasteiger partial charge in [0.15, 0.2) is 0 Å². The fraction of sp³-hybridized carbons (Fsp3) is 0.647. The van der Waals surface area contributed by atoms with Crippen LogP contribution in [0.25, 0.3) is 0 Å². The van der Waals surface area contributed by atoms with Gasteiger partial charge >= 0.3 is 0 Å². The summed E-state index contributed by atoms with van der Waals surface area (Å²) in [5.41, 5.74) is 1.26. The van der Waals surface area contributed by atoms with Crippen molar-refractivity contribution in [1.82, 2.24) is 5.32 Å². The topological polar surface area (TPSA) is 21.3 Å². The predicted molar refractivity (Wildman–Crippen MR) is 87.5 cm³/mol. The smallest absolute Gasteiger partial charge is 0.0587 e. The first-order valence-corrected chi connectivity index (χ1v) is 7.98. The van der Waals surface area contributed by atoms with Crippen LogP contribution < -0.4 is 5.32 Å². The van der Waals surface area contributed by atoms with Gasteiger partial charge in [-0.1, -0.05) is 50.1 Å². The van der Waals surface area contributed by atoms with Crippen molar-refractivity contribution in [2.75, 3.05) is 26.8 Å². The molecule has 20 heavy (non-hydrogen) atoms. The summed E-state index contributed by atoms with van der Waals surface area (Å²) >= 11 is 6.28. The molecule has 0 aromatic heterocycles. The van der Waals surface area contributed by atoms with E-state index in [1.54, 1.807) is 7.11 Å². The number of rotatable bonds is 10. The maximum Gasteiger partial charge on any atom is 0.0587 e. The van der Waals surface area contributed by atoms with Gasteiger partial charge in [-0.2, -0.15) is 0 Å². The van der Waals surface area contributed by atoms with E-state index in [2.05, 4.69) is 31.3 Å². The van der Waals surface area contributed by atoms with E-state index in [9.17, 15) is 0 Å². The van der Waals surface area contributed by atoms with Crippen LogP contribution in [0.2, 0.25) is 5.02 Å². The van der Waals surface area contributed by atoms with Gasteiger partial charge in [0.05, 0.1) is 6.61 Å². The monoisotopic (exact) mass is 297 g/mol. The van der Waals surface area contributed by atoms with Crippen molar-refractivity contribution in [3.05, 3.63) is 34.9 Å². The summed E-state index contributed by atoms with van der Waals surface area (Å²) in [5.74, 6) is 1.38. The molecule has 0 aliphatic heterocycles. The Morgan fingerprint density at radius 1 is 1.30 bits per heavy atom. The highest BCUT2D eigenvalue weighted by Gasteiger charge is 2.14. The zero-order valence-electron chi connectivity index (χ0n) is 13.0. The first kappa shape index (κ1) is 17.5. The van der Waals surface area contributed by atoms with Gasteiger partial charge in [0.25, 0.3) is 0 Å². The molecule has 1 N–H and O–H groups in total. The molecule has 0 saturated heterocycles. The largest absolute Gasteiger partial charge is 0.383 e. The molecule has 1 aromatic rings. The lowest BCUT2D eigenvalue weighted by Crippen LogP contribution is -2.28. The van der Waals surface area contributed by atoms with E-state index >= 15 is 0 Å². The molecular formula is C17H28ClNO. The molecule has 2 unspecified atom stereocenters. The molecule has 0 radical (unpaired) electrons. The number of hydrogen-bond acceptors (Lipinski definition) is 2. The number of hydrogen-bond donors (Lipinski definition) is 1. The van der Waals surface area contributed by atoms with Gasteiger partial charge in [0.2, 0.25) is 0 Å². The van der Waals surface area contributed by atoms with Crippen LogP contribution in [-0.4, -0.2) is 26.8 Å². The summed E-state index contributed by atoms with van der Waals surface area (Å²) in [6.07, 6.45) is 3.52. The Morgan fingerprint density at radius 3 is 2.70 bits per heavy atom. The summed E-state index contributed by atoms with van der Waals surface area (Å²) in [6.45, 7) is 7.29. The van der Waals surface area contributed by atoms with Gasteiger partial charge in [0.1, 0.15) is 0 Å². The number of nitrogens with one attached hydrogen (secondary N) is 1. The van der Waals surface area contributed by atoms with Crippen LogP contribution >= 0.6 is 11.6 Å².